The van der Waals surface area contributed by atoms with E-state index >= 15 is 0 Å². The summed E-state index contributed by atoms with van der Waals surface area (Å²) in [4.78, 5) is 13.4. The lowest BCUT2D eigenvalue weighted by molar-refractivity contribution is -0.129. The van der Waals surface area contributed by atoms with Crippen molar-refractivity contribution in [3.8, 4) is 0 Å². The molecule has 0 aliphatic carbocycles. The Morgan fingerprint density at radius 1 is 1.26 bits per heavy atom. The van der Waals surface area contributed by atoms with Gasteiger partial charge in [0.15, 0.2) is 11.6 Å². The van der Waals surface area contributed by atoms with Gasteiger partial charge in [0.1, 0.15) is 5.82 Å². The predicted octanol–water partition coefficient (Wildman–Crippen LogP) is 1.49. The molecule has 104 valence electrons. The summed E-state index contributed by atoms with van der Waals surface area (Å²) < 4.78 is 39.2. The Morgan fingerprint density at radius 3 is 2.58 bits per heavy atom. The number of hydrogen-bond donors (Lipinski definition) is 1. The lowest BCUT2D eigenvalue weighted by Crippen LogP contribution is -2.30. The van der Waals surface area contributed by atoms with Crippen LogP contribution in [0.3, 0.4) is 0 Å². The van der Waals surface area contributed by atoms with Crippen LogP contribution >= 0.6 is 0 Å². The van der Waals surface area contributed by atoms with E-state index in [0.29, 0.717) is 31.6 Å². The van der Waals surface area contributed by atoms with Crippen LogP contribution < -0.4 is 0 Å². The van der Waals surface area contributed by atoms with Gasteiger partial charge in [0.25, 0.3) is 0 Å². The van der Waals surface area contributed by atoms with Crippen molar-refractivity contribution in [1.29, 1.82) is 0 Å². The number of amides is 1. The van der Waals surface area contributed by atoms with Crippen LogP contribution in [0.1, 0.15) is 12.0 Å². The Morgan fingerprint density at radius 2 is 1.95 bits per heavy atom. The van der Waals surface area contributed by atoms with Crippen molar-refractivity contribution in [1.82, 2.24) is 4.90 Å². The summed E-state index contributed by atoms with van der Waals surface area (Å²) in [7, 11) is 0. The van der Waals surface area contributed by atoms with Crippen LogP contribution in [0, 0.1) is 23.4 Å². The summed E-state index contributed by atoms with van der Waals surface area (Å²) in [6.45, 7) is 0.916. The van der Waals surface area contributed by atoms with E-state index in [9.17, 15) is 18.0 Å². The van der Waals surface area contributed by atoms with Gasteiger partial charge in [-0.3, -0.25) is 4.79 Å². The fraction of sp³-hybridized carbons (Fsp3) is 0.462. The first kappa shape index (κ1) is 13.9. The van der Waals surface area contributed by atoms with Gasteiger partial charge in [-0.2, -0.15) is 0 Å². The van der Waals surface area contributed by atoms with Gasteiger partial charge < -0.3 is 10.0 Å². The minimum Gasteiger partial charge on any atom is -0.396 e. The molecule has 1 saturated heterocycles. The molecular weight excluding hydrogens is 259 g/mol. The van der Waals surface area contributed by atoms with Gasteiger partial charge in [0, 0.05) is 37.2 Å². The molecule has 1 aromatic carbocycles. The Kier molecular flexibility index (Phi) is 4.09. The maximum atomic E-state index is 13.4. The third-order valence-corrected chi connectivity index (χ3v) is 3.33. The SMILES string of the molecule is O=C(Cc1cc(F)c(F)cc1F)N1CC[C@@H](CO)C1. The van der Waals surface area contributed by atoms with Crippen molar-refractivity contribution >= 4 is 5.91 Å². The van der Waals surface area contributed by atoms with E-state index in [0.717, 1.165) is 0 Å². The second kappa shape index (κ2) is 5.61. The molecule has 1 N–H and O–H groups in total. The summed E-state index contributed by atoms with van der Waals surface area (Å²) in [5.74, 6) is -3.67. The molecule has 0 spiro atoms. The molecule has 6 heteroatoms. The minimum atomic E-state index is -1.27. The van der Waals surface area contributed by atoms with Crippen molar-refractivity contribution < 1.29 is 23.1 Å². The molecule has 0 unspecified atom stereocenters. The monoisotopic (exact) mass is 273 g/mol. The van der Waals surface area contributed by atoms with Crippen molar-refractivity contribution in [2.45, 2.75) is 12.8 Å². The predicted molar refractivity (Wildman–Crippen MR) is 61.8 cm³/mol. The Hall–Kier alpha value is -1.56. The number of carbonyl (C=O) groups is 1. The molecule has 1 fully saturated rings. The molecule has 1 heterocycles. The number of carbonyl (C=O) groups excluding carboxylic acids is 1. The zero-order valence-corrected chi connectivity index (χ0v) is 10.2. The number of likely N-dealkylation sites (tertiary alicyclic amines) is 1. The minimum absolute atomic E-state index is 0.00329. The van der Waals surface area contributed by atoms with Gasteiger partial charge in [-0.1, -0.05) is 0 Å². The van der Waals surface area contributed by atoms with Gasteiger partial charge in [0.2, 0.25) is 5.91 Å². The smallest absolute Gasteiger partial charge is 0.227 e. The summed E-state index contributed by atoms with van der Waals surface area (Å²) in [5, 5.41) is 8.98. The van der Waals surface area contributed by atoms with Crippen LogP contribution in [0.4, 0.5) is 13.2 Å². The fourth-order valence-corrected chi connectivity index (χ4v) is 2.18. The highest BCUT2D eigenvalue weighted by atomic mass is 19.2. The van der Waals surface area contributed by atoms with E-state index < -0.39 is 17.5 Å². The van der Waals surface area contributed by atoms with Crippen molar-refractivity contribution in [2.24, 2.45) is 5.92 Å². The normalized spacial score (nSPS) is 18.9. The third kappa shape index (κ3) is 3.07. The van der Waals surface area contributed by atoms with Crippen LogP contribution in [0.2, 0.25) is 0 Å². The molecule has 0 saturated carbocycles. The highest BCUT2D eigenvalue weighted by Crippen LogP contribution is 2.19. The number of halogens is 3. The maximum absolute atomic E-state index is 13.4. The number of nitrogens with zero attached hydrogens (tertiary/aromatic N) is 1. The Bertz CT molecular complexity index is 493. The third-order valence-electron chi connectivity index (χ3n) is 3.33. The topological polar surface area (TPSA) is 40.5 Å². The molecule has 2 rings (SSSR count). The molecule has 0 bridgehead atoms. The van der Waals surface area contributed by atoms with Crippen LogP contribution in [-0.4, -0.2) is 35.6 Å². The van der Waals surface area contributed by atoms with Gasteiger partial charge in [-0.05, 0) is 12.5 Å². The number of rotatable bonds is 3. The van der Waals surface area contributed by atoms with Crippen molar-refractivity contribution in [2.75, 3.05) is 19.7 Å². The number of aliphatic hydroxyl groups excluding tert-OH is 1. The maximum Gasteiger partial charge on any atom is 0.227 e. The molecule has 1 aliphatic heterocycles. The quantitative estimate of drug-likeness (QED) is 0.848. The van der Waals surface area contributed by atoms with Gasteiger partial charge in [-0.25, -0.2) is 13.2 Å². The van der Waals surface area contributed by atoms with Crippen molar-refractivity contribution in [3.63, 3.8) is 0 Å². The molecule has 0 radical (unpaired) electrons. The molecule has 0 aromatic heterocycles. The van der Waals surface area contributed by atoms with E-state index in [4.69, 9.17) is 5.11 Å². The highest BCUT2D eigenvalue weighted by Gasteiger charge is 2.26. The average molecular weight is 273 g/mol. The van der Waals surface area contributed by atoms with Crippen LogP contribution in [0.5, 0.6) is 0 Å². The average Bonchev–Trinajstić information content (AvgIpc) is 2.84. The summed E-state index contributed by atoms with van der Waals surface area (Å²) in [6, 6.07) is 1.15. The van der Waals surface area contributed by atoms with Gasteiger partial charge in [0.05, 0.1) is 6.42 Å². The molecular formula is C13H14F3NO2. The largest absolute Gasteiger partial charge is 0.396 e. The lowest BCUT2D eigenvalue weighted by atomic mass is 10.1. The van der Waals surface area contributed by atoms with Crippen LogP contribution in [-0.2, 0) is 11.2 Å². The van der Waals surface area contributed by atoms with Crippen molar-refractivity contribution in [3.05, 3.63) is 35.1 Å². The molecule has 3 nitrogen and oxygen atoms in total. The highest BCUT2D eigenvalue weighted by molar-refractivity contribution is 5.79. The molecule has 1 aromatic rings. The molecule has 1 atom stereocenters. The standard InChI is InChI=1S/C13H14F3NO2/c14-10-5-12(16)11(15)3-9(10)4-13(19)17-2-1-8(6-17)7-18/h3,5,8,18H,1-2,4,6-7H2/t8-/m1/s1. The van der Waals surface area contributed by atoms with E-state index in [1.807, 2.05) is 0 Å². The van der Waals surface area contributed by atoms with Crippen LogP contribution in [0.15, 0.2) is 12.1 Å². The van der Waals surface area contributed by atoms with E-state index in [-0.39, 0.29) is 30.4 Å². The van der Waals surface area contributed by atoms with Crippen LogP contribution in [0.25, 0.3) is 0 Å². The zero-order valence-electron chi connectivity index (χ0n) is 10.2. The fourth-order valence-electron chi connectivity index (χ4n) is 2.18. The molecule has 1 amide bonds. The summed E-state index contributed by atoms with van der Waals surface area (Å²) in [6.07, 6.45) is 0.393. The first-order valence-corrected chi connectivity index (χ1v) is 6.03. The van der Waals surface area contributed by atoms with Gasteiger partial charge >= 0.3 is 0 Å². The zero-order chi connectivity index (χ0) is 14.0. The lowest BCUT2D eigenvalue weighted by Gasteiger charge is -2.16. The molecule has 1 aliphatic rings. The summed E-state index contributed by atoms with van der Waals surface area (Å²) in [5.41, 5.74) is -0.156. The van der Waals surface area contributed by atoms with E-state index in [2.05, 4.69) is 0 Å². The number of hydrogen-bond acceptors (Lipinski definition) is 2. The second-order valence-corrected chi connectivity index (χ2v) is 4.71. The van der Waals surface area contributed by atoms with E-state index in [1.54, 1.807) is 0 Å². The number of aliphatic hydroxyl groups is 1. The Labute approximate surface area is 108 Å². The molecule has 19 heavy (non-hydrogen) atoms. The first-order chi connectivity index (χ1) is 9.01. The summed E-state index contributed by atoms with van der Waals surface area (Å²) >= 11 is 0. The van der Waals surface area contributed by atoms with E-state index in [1.165, 1.54) is 4.90 Å². The first-order valence-electron chi connectivity index (χ1n) is 6.03. The Balaban J connectivity index is 2.05. The number of benzene rings is 1. The second-order valence-electron chi connectivity index (χ2n) is 4.71. The van der Waals surface area contributed by atoms with Gasteiger partial charge in [-0.15, -0.1) is 0 Å².